The highest BCUT2D eigenvalue weighted by molar-refractivity contribution is 9.10. The minimum atomic E-state index is 0.0769. The molecule has 0 radical (unpaired) electrons. The third kappa shape index (κ3) is 2.93. The summed E-state index contributed by atoms with van der Waals surface area (Å²) in [5, 5.41) is 8.96. The lowest BCUT2D eigenvalue weighted by Crippen LogP contribution is -2.20. The zero-order valence-corrected chi connectivity index (χ0v) is 12.1. The summed E-state index contributed by atoms with van der Waals surface area (Å²) < 4.78 is 0.859. The Balaban J connectivity index is 2.11. The molecule has 1 atom stereocenters. The number of halogens is 1. The monoisotopic (exact) mass is 311 g/mol. The van der Waals surface area contributed by atoms with Gasteiger partial charge in [-0.05, 0) is 59.8 Å². The first-order valence-corrected chi connectivity index (χ1v) is 7.07. The zero-order chi connectivity index (χ0) is 13.1. The predicted octanol–water partition coefficient (Wildman–Crippen LogP) is 2.86. The van der Waals surface area contributed by atoms with Gasteiger partial charge in [0.1, 0.15) is 0 Å². The average Bonchev–Trinajstić information content (AvgIpc) is 2.77. The molecule has 98 valence electrons. The third-order valence-corrected chi connectivity index (χ3v) is 4.18. The van der Waals surface area contributed by atoms with Gasteiger partial charge in [-0.15, -0.1) is 0 Å². The Hall–Kier alpha value is -0.870. The molecule has 1 heterocycles. The summed E-state index contributed by atoms with van der Waals surface area (Å²) >= 11 is 3.45. The highest BCUT2D eigenvalue weighted by Gasteiger charge is 2.22. The van der Waals surface area contributed by atoms with Crippen LogP contribution in [-0.2, 0) is 0 Å². The molecule has 0 saturated carbocycles. The molecule has 0 aliphatic carbocycles. The maximum absolute atomic E-state index is 11.4. The number of nitrogens with zero attached hydrogens (tertiary/aromatic N) is 1. The summed E-state index contributed by atoms with van der Waals surface area (Å²) in [6, 6.07) is 5.89. The van der Waals surface area contributed by atoms with Gasteiger partial charge in [0.15, 0.2) is 5.78 Å². The van der Waals surface area contributed by atoms with Gasteiger partial charge in [0, 0.05) is 35.4 Å². The largest absolute Gasteiger partial charge is 0.396 e. The van der Waals surface area contributed by atoms with Crippen LogP contribution in [0.5, 0.6) is 0 Å². The molecule has 1 aromatic rings. The Morgan fingerprint density at radius 3 is 2.94 bits per heavy atom. The van der Waals surface area contributed by atoms with E-state index in [1.165, 1.54) is 0 Å². The van der Waals surface area contributed by atoms with E-state index in [0.29, 0.717) is 5.92 Å². The first-order chi connectivity index (χ1) is 8.61. The average molecular weight is 312 g/mol. The third-order valence-electron chi connectivity index (χ3n) is 3.52. The minimum Gasteiger partial charge on any atom is -0.396 e. The van der Waals surface area contributed by atoms with Crippen LogP contribution in [0.4, 0.5) is 5.69 Å². The molecule has 1 aliphatic heterocycles. The number of anilines is 1. The van der Waals surface area contributed by atoms with Crippen molar-refractivity contribution in [2.24, 2.45) is 5.92 Å². The minimum absolute atomic E-state index is 0.0769. The first kappa shape index (κ1) is 13.6. The van der Waals surface area contributed by atoms with Gasteiger partial charge >= 0.3 is 0 Å². The molecule has 0 aromatic heterocycles. The van der Waals surface area contributed by atoms with Crippen molar-refractivity contribution in [3.63, 3.8) is 0 Å². The molecule has 1 aliphatic rings. The molecule has 1 aromatic carbocycles. The van der Waals surface area contributed by atoms with E-state index in [9.17, 15) is 4.79 Å². The number of aliphatic hydroxyl groups excluding tert-OH is 1. The number of carbonyl (C=O) groups is 1. The quantitative estimate of drug-likeness (QED) is 0.869. The number of rotatable bonds is 4. The van der Waals surface area contributed by atoms with Crippen LogP contribution in [0.1, 0.15) is 30.1 Å². The van der Waals surface area contributed by atoms with Gasteiger partial charge in [0.25, 0.3) is 0 Å². The lowest BCUT2D eigenvalue weighted by molar-refractivity contribution is 0.101. The Kier molecular flexibility index (Phi) is 4.40. The Morgan fingerprint density at radius 2 is 2.33 bits per heavy atom. The lowest BCUT2D eigenvalue weighted by Gasteiger charge is -2.19. The van der Waals surface area contributed by atoms with Crippen LogP contribution < -0.4 is 4.90 Å². The van der Waals surface area contributed by atoms with Crippen molar-refractivity contribution >= 4 is 27.4 Å². The van der Waals surface area contributed by atoms with Gasteiger partial charge in [0.05, 0.1) is 0 Å². The van der Waals surface area contributed by atoms with E-state index in [1.54, 1.807) is 6.92 Å². The van der Waals surface area contributed by atoms with E-state index in [1.807, 2.05) is 18.2 Å². The van der Waals surface area contributed by atoms with Crippen LogP contribution >= 0.6 is 15.9 Å². The molecule has 2 rings (SSSR count). The molecule has 1 unspecified atom stereocenters. The maximum Gasteiger partial charge on any atom is 0.160 e. The fourth-order valence-electron chi connectivity index (χ4n) is 2.47. The number of carbonyl (C=O) groups excluding carboxylic acids is 1. The van der Waals surface area contributed by atoms with Crippen molar-refractivity contribution in [1.29, 1.82) is 0 Å². The predicted molar refractivity (Wildman–Crippen MR) is 76.2 cm³/mol. The number of hydrogen-bond acceptors (Lipinski definition) is 3. The highest BCUT2D eigenvalue weighted by Crippen LogP contribution is 2.29. The molecule has 1 saturated heterocycles. The second-order valence-electron chi connectivity index (χ2n) is 4.83. The lowest BCUT2D eigenvalue weighted by atomic mass is 10.1. The normalized spacial score (nSPS) is 19.3. The van der Waals surface area contributed by atoms with Crippen LogP contribution in [0.25, 0.3) is 0 Å². The summed E-state index contributed by atoms with van der Waals surface area (Å²) in [5.41, 5.74) is 1.87. The molecule has 0 spiro atoms. The Bertz CT molecular complexity index is 447. The van der Waals surface area contributed by atoms with Gasteiger partial charge in [0.2, 0.25) is 0 Å². The van der Waals surface area contributed by atoms with E-state index < -0.39 is 0 Å². The zero-order valence-electron chi connectivity index (χ0n) is 10.5. The molecule has 0 amide bonds. The summed E-state index contributed by atoms with van der Waals surface area (Å²) in [5.74, 6) is 0.661. The fourth-order valence-corrected chi connectivity index (χ4v) is 3.12. The smallest absolute Gasteiger partial charge is 0.160 e. The molecule has 4 heteroatoms. The van der Waals surface area contributed by atoms with Gasteiger partial charge in [-0.2, -0.15) is 0 Å². The SMILES string of the molecule is CC(=O)c1ccc(N2CCC(CCO)C2)cc1Br. The standard InChI is InChI=1S/C14H18BrNO2/c1-10(18)13-3-2-12(8-14(13)15)16-6-4-11(9-16)5-7-17/h2-3,8,11,17H,4-7,9H2,1H3. The number of Topliss-reactive ketones (excluding diaryl/α,β-unsaturated/α-hetero) is 1. The van der Waals surface area contributed by atoms with Crippen molar-refractivity contribution < 1.29 is 9.90 Å². The van der Waals surface area contributed by atoms with Crippen molar-refractivity contribution in [2.45, 2.75) is 19.8 Å². The van der Waals surface area contributed by atoms with Gasteiger partial charge in [-0.3, -0.25) is 4.79 Å². The van der Waals surface area contributed by atoms with Crippen LogP contribution in [0, 0.1) is 5.92 Å². The molecule has 1 N–H and O–H groups in total. The fraction of sp³-hybridized carbons (Fsp3) is 0.500. The Morgan fingerprint density at radius 1 is 1.56 bits per heavy atom. The Labute approximate surface area is 116 Å². The van der Waals surface area contributed by atoms with Crippen molar-refractivity contribution in [2.75, 3.05) is 24.6 Å². The number of hydrogen-bond donors (Lipinski definition) is 1. The number of aliphatic hydroxyl groups is 1. The topological polar surface area (TPSA) is 40.5 Å². The molecular formula is C14H18BrNO2. The van der Waals surface area contributed by atoms with Gasteiger partial charge in [-0.25, -0.2) is 0 Å². The van der Waals surface area contributed by atoms with Gasteiger partial charge < -0.3 is 10.0 Å². The number of benzene rings is 1. The summed E-state index contributed by atoms with van der Waals surface area (Å²) in [6.45, 7) is 3.86. The molecule has 18 heavy (non-hydrogen) atoms. The number of ketones is 1. The molecular weight excluding hydrogens is 294 g/mol. The van der Waals surface area contributed by atoms with Crippen molar-refractivity contribution in [3.05, 3.63) is 28.2 Å². The van der Waals surface area contributed by atoms with E-state index in [4.69, 9.17) is 5.11 Å². The summed E-state index contributed by atoms with van der Waals surface area (Å²) in [7, 11) is 0. The summed E-state index contributed by atoms with van der Waals surface area (Å²) in [6.07, 6.45) is 2.01. The summed E-state index contributed by atoms with van der Waals surface area (Å²) in [4.78, 5) is 13.7. The second-order valence-corrected chi connectivity index (χ2v) is 5.69. The van der Waals surface area contributed by atoms with E-state index >= 15 is 0 Å². The van der Waals surface area contributed by atoms with Crippen LogP contribution in [0.2, 0.25) is 0 Å². The van der Waals surface area contributed by atoms with Crippen molar-refractivity contribution in [1.82, 2.24) is 0 Å². The molecule has 3 nitrogen and oxygen atoms in total. The van der Waals surface area contributed by atoms with Gasteiger partial charge in [-0.1, -0.05) is 0 Å². The van der Waals surface area contributed by atoms with Crippen molar-refractivity contribution in [3.8, 4) is 0 Å². The van der Waals surface area contributed by atoms with Crippen LogP contribution in [0.3, 0.4) is 0 Å². The first-order valence-electron chi connectivity index (χ1n) is 6.28. The van der Waals surface area contributed by atoms with Crippen LogP contribution in [0.15, 0.2) is 22.7 Å². The second kappa shape index (κ2) is 5.85. The van der Waals surface area contributed by atoms with E-state index in [-0.39, 0.29) is 12.4 Å². The van der Waals surface area contributed by atoms with E-state index in [0.717, 1.165) is 41.7 Å². The van der Waals surface area contributed by atoms with Crippen LogP contribution in [-0.4, -0.2) is 30.6 Å². The molecule has 0 bridgehead atoms. The highest BCUT2D eigenvalue weighted by atomic mass is 79.9. The maximum atomic E-state index is 11.4. The van der Waals surface area contributed by atoms with E-state index in [2.05, 4.69) is 20.8 Å². The molecule has 1 fully saturated rings.